The summed E-state index contributed by atoms with van der Waals surface area (Å²) in [6, 6.07) is 23.5. The van der Waals surface area contributed by atoms with Crippen molar-refractivity contribution >= 4 is 35.0 Å². The first kappa shape index (κ1) is 22.9. The Morgan fingerprint density at radius 2 is 1.35 bits per heavy atom. The summed E-state index contributed by atoms with van der Waals surface area (Å²) in [4.78, 5) is 27.9. The maximum absolute atomic E-state index is 13.4. The first-order valence-electron chi connectivity index (χ1n) is 10.00. The first-order chi connectivity index (χ1) is 15.0. The van der Waals surface area contributed by atoms with Gasteiger partial charge in [-0.05, 0) is 41.0 Å². The maximum Gasteiger partial charge on any atom is 0.242 e. The summed E-state index contributed by atoms with van der Waals surface area (Å²) in [6.45, 7) is 0.300. The van der Waals surface area contributed by atoms with Crippen LogP contribution < -0.4 is 5.32 Å². The van der Waals surface area contributed by atoms with Crippen molar-refractivity contribution < 1.29 is 9.59 Å². The average Bonchev–Trinajstić information content (AvgIpc) is 2.79. The van der Waals surface area contributed by atoms with Crippen molar-refractivity contribution in [1.82, 2.24) is 10.2 Å². The molecule has 1 N–H and O–H groups in total. The van der Waals surface area contributed by atoms with Crippen molar-refractivity contribution in [3.8, 4) is 0 Å². The van der Waals surface area contributed by atoms with Crippen molar-refractivity contribution in [2.45, 2.75) is 25.4 Å². The van der Waals surface area contributed by atoms with Gasteiger partial charge in [0.2, 0.25) is 11.8 Å². The highest BCUT2D eigenvalue weighted by molar-refractivity contribution is 6.30. The van der Waals surface area contributed by atoms with Crippen LogP contribution in [0.25, 0.3) is 0 Å². The third-order valence-electron chi connectivity index (χ3n) is 5.05. The van der Waals surface area contributed by atoms with E-state index in [-0.39, 0.29) is 18.2 Å². The molecule has 31 heavy (non-hydrogen) atoms. The number of likely N-dealkylation sites (N-methyl/N-ethyl adjacent to an activating group) is 1. The lowest BCUT2D eigenvalue weighted by molar-refractivity contribution is -0.140. The molecule has 0 fully saturated rings. The van der Waals surface area contributed by atoms with Crippen LogP contribution in [0.3, 0.4) is 0 Å². The average molecular weight is 455 g/mol. The number of hydrogen-bond acceptors (Lipinski definition) is 2. The predicted molar refractivity (Wildman–Crippen MR) is 125 cm³/mol. The molecule has 0 bridgehead atoms. The van der Waals surface area contributed by atoms with E-state index in [1.54, 1.807) is 36.2 Å². The number of benzene rings is 3. The molecule has 0 spiro atoms. The summed E-state index contributed by atoms with van der Waals surface area (Å²) >= 11 is 12.0. The Labute approximate surface area is 192 Å². The van der Waals surface area contributed by atoms with Crippen LogP contribution in [-0.4, -0.2) is 29.8 Å². The highest BCUT2D eigenvalue weighted by Crippen LogP contribution is 2.18. The smallest absolute Gasteiger partial charge is 0.242 e. The zero-order valence-electron chi connectivity index (χ0n) is 17.2. The van der Waals surface area contributed by atoms with Crippen molar-refractivity contribution in [2.24, 2.45) is 0 Å². The number of hydrogen-bond donors (Lipinski definition) is 1. The van der Waals surface area contributed by atoms with E-state index in [0.717, 1.165) is 16.7 Å². The van der Waals surface area contributed by atoms with E-state index in [1.165, 1.54) is 0 Å². The highest BCUT2D eigenvalue weighted by atomic mass is 35.5. The molecule has 1 atom stereocenters. The molecule has 3 aromatic rings. The van der Waals surface area contributed by atoms with E-state index in [9.17, 15) is 9.59 Å². The Hall–Kier alpha value is -2.82. The summed E-state index contributed by atoms with van der Waals surface area (Å²) in [5.74, 6) is -0.343. The zero-order chi connectivity index (χ0) is 22.2. The van der Waals surface area contributed by atoms with Crippen molar-refractivity contribution in [3.63, 3.8) is 0 Å². The molecule has 1 unspecified atom stereocenters. The minimum absolute atomic E-state index is 0.137. The van der Waals surface area contributed by atoms with Gasteiger partial charge in [-0.2, -0.15) is 0 Å². The first-order valence-corrected chi connectivity index (χ1v) is 10.8. The molecule has 3 rings (SSSR count). The van der Waals surface area contributed by atoms with Gasteiger partial charge in [0.1, 0.15) is 6.04 Å². The van der Waals surface area contributed by atoms with Crippen LogP contribution in [0.15, 0.2) is 78.9 Å². The third kappa shape index (κ3) is 6.58. The molecule has 0 saturated carbocycles. The fraction of sp³-hybridized carbons (Fsp3) is 0.200. The van der Waals surface area contributed by atoms with Crippen LogP contribution in [0, 0.1) is 0 Å². The van der Waals surface area contributed by atoms with Crippen molar-refractivity contribution in [3.05, 3.63) is 106 Å². The molecule has 0 heterocycles. The Bertz CT molecular complexity index is 1010. The van der Waals surface area contributed by atoms with E-state index < -0.39 is 6.04 Å². The number of carbonyl (C=O) groups excluding carboxylic acids is 2. The number of rotatable bonds is 8. The summed E-state index contributed by atoms with van der Waals surface area (Å²) in [5.41, 5.74) is 2.72. The molecule has 160 valence electrons. The van der Waals surface area contributed by atoms with Gasteiger partial charge in [0, 0.05) is 30.1 Å². The maximum atomic E-state index is 13.4. The van der Waals surface area contributed by atoms with Crippen LogP contribution in [0.2, 0.25) is 10.0 Å². The van der Waals surface area contributed by atoms with Crippen LogP contribution in [0.1, 0.15) is 16.7 Å². The van der Waals surface area contributed by atoms with Gasteiger partial charge in [0.05, 0.1) is 6.42 Å². The van der Waals surface area contributed by atoms with Crippen LogP contribution in [0.5, 0.6) is 0 Å². The molecule has 3 aromatic carbocycles. The van der Waals surface area contributed by atoms with Gasteiger partial charge >= 0.3 is 0 Å². The highest BCUT2D eigenvalue weighted by Gasteiger charge is 2.29. The molecule has 4 nitrogen and oxygen atoms in total. The second kappa shape index (κ2) is 11.0. The number of nitrogens with zero attached hydrogens (tertiary/aromatic N) is 1. The standard InChI is InChI=1S/C25H24Cl2N2O2/c1-28-25(31)23(15-18-5-3-2-4-6-18)29(17-20-9-13-22(27)14-10-20)24(30)16-19-7-11-21(26)12-8-19/h2-14,23H,15-17H2,1H3,(H,28,31). The molecule has 0 aliphatic heterocycles. The van der Waals surface area contributed by atoms with Crippen LogP contribution in [-0.2, 0) is 29.0 Å². The number of amides is 2. The number of halogens is 2. The quantitative estimate of drug-likeness (QED) is 0.524. The molecule has 0 aliphatic carbocycles. The van der Waals surface area contributed by atoms with Gasteiger partial charge in [-0.1, -0.05) is 77.8 Å². The molecule has 0 radical (unpaired) electrons. The minimum atomic E-state index is -0.650. The molecular weight excluding hydrogens is 431 g/mol. The largest absolute Gasteiger partial charge is 0.357 e. The Morgan fingerprint density at radius 3 is 1.90 bits per heavy atom. The normalized spacial score (nSPS) is 11.6. The molecular formula is C25H24Cl2N2O2. The van der Waals surface area contributed by atoms with Gasteiger partial charge < -0.3 is 10.2 Å². The zero-order valence-corrected chi connectivity index (χ0v) is 18.7. The second-order valence-electron chi connectivity index (χ2n) is 7.27. The van der Waals surface area contributed by atoms with Gasteiger partial charge in [0.15, 0.2) is 0 Å². The molecule has 0 aromatic heterocycles. The van der Waals surface area contributed by atoms with Gasteiger partial charge in [-0.15, -0.1) is 0 Å². The van der Waals surface area contributed by atoms with Crippen molar-refractivity contribution in [1.29, 1.82) is 0 Å². The summed E-state index contributed by atoms with van der Waals surface area (Å²) in [5, 5.41) is 3.95. The lowest BCUT2D eigenvalue weighted by Crippen LogP contribution is -2.50. The van der Waals surface area contributed by atoms with E-state index in [4.69, 9.17) is 23.2 Å². The monoisotopic (exact) mass is 454 g/mol. The van der Waals surface area contributed by atoms with Gasteiger partial charge in [0.25, 0.3) is 0 Å². The molecule has 0 aliphatic rings. The summed E-state index contributed by atoms with van der Waals surface area (Å²) < 4.78 is 0. The van der Waals surface area contributed by atoms with E-state index in [1.807, 2.05) is 54.6 Å². The Balaban J connectivity index is 1.92. The lowest BCUT2D eigenvalue weighted by atomic mass is 10.0. The third-order valence-corrected chi connectivity index (χ3v) is 5.56. The van der Waals surface area contributed by atoms with E-state index >= 15 is 0 Å². The van der Waals surface area contributed by atoms with Crippen LogP contribution >= 0.6 is 23.2 Å². The Morgan fingerprint density at radius 1 is 0.806 bits per heavy atom. The minimum Gasteiger partial charge on any atom is -0.357 e. The number of carbonyl (C=O) groups is 2. The fourth-order valence-corrected chi connectivity index (χ4v) is 3.64. The SMILES string of the molecule is CNC(=O)C(Cc1ccccc1)N(Cc1ccc(Cl)cc1)C(=O)Cc1ccc(Cl)cc1. The summed E-state index contributed by atoms with van der Waals surface area (Å²) in [7, 11) is 1.59. The van der Waals surface area contributed by atoms with Crippen molar-refractivity contribution in [2.75, 3.05) is 7.05 Å². The molecule has 2 amide bonds. The van der Waals surface area contributed by atoms with Crippen LogP contribution in [0.4, 0.5) is 0 Å². The lowest BCUT2D eigenvalue weighted by Gasteiger charge is -2.31. The second-order valence-corrected chi connectivity index (χ2v) is 8.14. The van der Waals surface area contributed by atoms with E-state index in [0.29, 0.717) is 23.0 Å². The van der Waals surface area contributed by atoms with Gasteiger partial charge in [-0.3, -0.25) is 9.59 Å². The molecule has 6 heteroatoms. The topological polar surface area (TPSA) is 49.4 Å². The fourth-order valence-electron chi connectivity index (χ4n) is 3.39. The number of nitrogens with one attached hydrogen (secondary N) is 1. The van der Waals surface area contributed by atoms with E-state index in [2.05, 4.69) is 5.32 Å². The van der Waals surface area contributed by atoms with Gasteiger partial charge in [-0.25, -0.2) is 0 Å². The predicted octanol–water partition coefficient (Wildman–Crippen LogP) is 4.92. The Kier molecular flexibility index (Phi) is 8.10. The molecule has 0 saturated heterocycles. The summed E-state index contributed by atoms with van der Waals surface area (Å²) in [6.07, 6.45) is 0.591.